The van der Waals surface area contributed by atoms with Crippen molar-refractivity contribution in [3.8, 4) is 0 Å². The Balaban J connectivity index is -0.000000109. The molecule has 0 aliphatic rings. The number of rotatable bonds is 0. The molecular weight excluding hydrogens is 399 g/mol. The quantitative estimate of drug-likeness (QED) is 0.333. The summed E-state index contributed by atoms with van der Waals surface area (Å²) >= 11 is 0. The average molecular weight is 429 g/mol. The zero-order valence-electron chi connectivity index (χ0n) is 16.2. The first-order valence-corrected chi connectivity index (χ1v) is 7.32. The largest absolute Gasteiger partial charge is 2.00 e. The van der Waals surface area contributed by atoms with E-state index in [1.54, 1.807) is 0 Å². The maximum atomic E-state index is 6.94. The van der Waals surface area contributed by atoms with Gasteiger partial charge in [0.2, 0.25) is 0 Å². The van der Waals surface area contributed by atoms with E-state index in [2.05, 4.69) is 12.1 Å². The van der Waals surface area contributed by atoms with Gasteiger partial charge < -0.3 is 11.5 Å². The molecule has 0 heterocycles. The van der Waals surface area contributed by atoms with Gasteiger partial charge in [-0.25, -0.2) is 0 Å². The van der Waals surface area contributed by atoms with Gasteiger partial charge in [-0.15, -0.1) is 11.1 Å². The fourth-order valence-corrected chi connectivity index (χ4v) is 0.684. The second kappa shape index (κ2) is 18.9. The minimum absolute atomic E-state index is 0. The van der Waals surface area contributed by atoms with Crippen LogP contribution in [0.2, 0.25) is 0 Å². The van der Waals surface area contributed by atoms with Gasteiger partial charge >= 0.3 is 39.0 Å². The molecule has 2 aromatic rings. The molecule has 2 rings (SSSR count). The van der Waals surface area contributed by atoms with Gasteiger partial charge in [0, 0.05) is 0 Å². The smallest absolute Gasteiger partial charge is 0.673 e. The molecule has 24 heavy (non-hydrogen) atoms. The first-order chi connectivity index (χ1) is 10.0. The van der Waals surface area contributed by atoms with Crippen LogP contribution in [0.25, 0.3) is 11.5 Å². The van der Waals surface area contributed by atoms with Gasteiger partial charge in [-0.3, -0.25) is 0 Å². The van der Waals surface area contributed by atoms with Crippen LogP contribution in [0.5, 0.6) is 0 Å². The Morgan fingerprint density at radius 1 is 0.500 bits per heavy atom. The zero-order valence-corrected chi connectivity index (χ0v) is 22.1. The molecule has 0 amide bonds. The van der Waals surface area contributed by atoms with Crippen molar-refractivity contribution in [2.24, 2.45) is 0 Å². The van der Waals surface area contributed by atoms with E-state index in [-0.39, 0.29) is 50.0 Å². The molecule has 0 spiro atoms. The number of hydrogen-bond acceptors (Lipinski definition) is 0. The van der Waals surface area contributed by atoms with Crippen molar-refractivity contribution >= 4 is 0 Å². The first kappa shape index (κ1) is 31.4. The van der Waals surface area contributed by atoms with Crippen LogP contribution in [-0.4, -0.2) is 11.1 Å². The molecular formula is C20H30N2Zn2. The molecule has 0 unspecified atom stereocenters. The van der Waals surface area contributed by atoms with E-state index in [4.69, 9.17) is 11.5 Å². The van der Waals surface area contributed by atoms with Crippen molar-refractivity contribution in [3.05, 3.63) is 84.3 Å². The monoisotopic (exact) mass is 426 g/mol. The van der Waals surface area contributed by atoms with E-state index in [0.717, 1.165) is 0 Å². The molecule has 124 valence electrons. The maximum absolute atomic E-state index is 6.94. The molecule has 2 aromatic carbocycles. The summed E-state index contributed by atoms with van der Waals surface area (Å²) in [6, 6.07) is 25.0. The van der Waals surface area contributed by atoms with Crippen molar-refractivity contribution in [2.75, 3.05) is 0 Å². The molecule has 0 fully saturated rings. The topological polar surface area (TPSA) is 47.6 Å². The summed E-state index contributed by atoms with van der Waals surface area (Å²) in [6.07, 6.45) is 0. The predicted octanol–water partition coefficient (Wildman–Crippen LogP) is 6.64. The molecule has 0 saturated carbocycles. The molecule has 0 radical (unpaired) electrons. The molecule has 0 bridgehead atoms. The third-order valence-electron chi connectivity index (χ3n) is 1.21. The van der Waals surface area contributed by atoms with E-state index in [1.807, 2.05) is 102 Å². The van der Waals surface area contributed by atoms with Crippen LogP contribution in [0.15, 0.2) is 60.7 Å². The Labute approximate surface area is 175 Å². The SMILES string of the molecule is CC(C)(C)[NH-].CC(C)(C)[NH-].[Zn+2].[Zn+2].[c-]1ccccc1.[c-]1ccccc1. The first-order valence-electron chi connectivity index (χ1n) is 7.32. The van der Waals surface area contributed by atoms with Gasteiger partial charge in [-0.05, 0) is 0 Å². The normalized spacial score (nSPS) is 9.00. The molecule has 0 atom stereocenters. The Morgan fingerprint density at radius 3 is 0.708 bits per heavy atom. The van der Waals surface area contributed by atoms with Crippen molar-refractivity contribution < 1.29 is 39.0 Å². The van der Waals surface area contributed by atoms with Gasteiger partial charge in [0.1, 0.15) is 0 Å². The third-order valence-corrected chi connectivity index (χ3v) is 1.21. The summed E-state index contributed by atoms with van der Waals surface area (Å²) in [7, 11) is 0. The molecule has 0 aliphatic heterocycles. The Bertz CT molecular complexity index is 312. The summed E-state index contributed by atoms with van der Waals surface area (Å²) in [5.74, 6) is 0. The van der Waals surface area contributed by atoms with Crippen LogP contribution in [0, 0.1) is 12.1 Å². The molecule has 0 aromatic heterocycles. The Hall–Kier alpha value is -0.393. The van der Waals surface area contributed by atoms with Crippen LogP contribution in [0.4, 0.5) is 0 Å². The molecule has 2 nitrogen and oxygen atoms in total. The molecule has 0 aliphatic carbocycles. The van der Waals surface area contributed by atoms with E-state index in [1.165, 1.54) is 0 Å². The van der Waals surface area contributed by atoms with E-state index < -0.39 is 0 Å². The minimum atomic E-state index is -0.250. The van der Waals surface area contributed by atoms with E-state index >= 15 is 0 Å². The van der Waals surface area contributed by atoms with Gasteiger partial charge in [-0.2, -0.15) is 72.8 Å². The van der Waals surface area contributed by atoms with Crippen molar-refractivity contribution in [1.82, 2.24) is 0 Å². The second-order valence-electron chi connectivity index (χ2n) is 6.65. The fraction of sp³-hybridized carbons (Fsp3) is 0.400. The molecule has 0 saturated heterocycles. The van der Waals surface area contributed by atoms with E-state index in [9.17, 15) is 0 Å². The van der Waals surface area contributed by atoms with Crippen molar-refractivity contribution in [2.45, 2.75) is 52.6 Å². The third kappa shape index (κ3) is 68.1. The zero-order chi connectivity index (χ0) is 17.5. The summed E-state index contributed by atoms with van der Waals surface area (Å²) in [5.41, 5.74) is 13.4. The van der Waals surface area contributed by atoms with Crippen LogP contribution in [0.1, 0.15) is 41.5 Å². The van der Waals surface area contributed by atoms with Crippen LogP contribution < -0.4 is 0 Å². The predicted molar refractivity (Wildman–Crippen MR) is 98.7 cm³/mol. The number of nitrogens with one attached hydrogen (secondary N) is 2. The summed E-state index contributed by atoms with van der Waals surface area (Å²) in [5, 5.41) is 0. The average Bonchev–Trinajstić information content (AvgIpc) is 2.40. The second-order valence-corrected chi connectivity index (χ2v) is 6.65. The van der Waals surface area contributed by atoms with Crippen LogP contribution in [0.3, 0.4) is 0 Å². The van der Waals surface area contributed by atoms with Gasteiger partial charge in [0.25, 0.3) is 0 Å². The van der Waals surface area contributed by atoms with Crippen molar-refractivity contribution in [1.29, 1.82) is 0 Å². The minimum Gasteiger partial charge on any atom is -0.673 e. The van der Waals surface area contributed by atoms with Gasteiger partial charge in [0.05, 0.1) is 0 Å². The van der Waals surface area contributed by atoms with Crippen molar-refractivity contribution in [3.63, 3.8) is 0 Å². The van der Waals surface area contributed by atoms with Gasteiger partial charge in [0.15, 0.2) is 0 Å². The fourth-order valence-electron chi connectivity index (χ4n) is 0.684. The number of hydrogen-bond donors (Lipinski definition) is 0. The van der Waals surface area contributed by atoms with Crippen LogP contribution >= 0.6 is 0 Å². The number of benzene rings is 2. The summed E-state index contributed by atoms with van der Waals surface area (Å²) in [6.45, 7) is 11.1. The van der Waals surface area contributed by atoms with Gasteiger partial charge in [-0.1, -0.05) is 41.5 Å². The van der Waals surface area contributed by atoms with Crippen LogP contribution in [-0.2, 0) is 39.0 Å². The summed E-state index contributed by atoms with van der Waals surface area (Å²) in [4.78, 5) is 0. The maximum Gasteiger partial charge on any atom is 2.00 e. The molecule has 4 heteroatoms. The Morgan fingerprint density at radius 2 is 0.667 bits per heavy atom. The van der Waals surface area contributed by atoms with E-state index in [0.29, 0.717) is 0 Å². The Kier molecular flexibility index (Phi) is 24.8. The molecule has 2 N–H and O–H groups in total. The summed E-state index contributed by atoms with van der Waals surface area (Å²) < 4.78 is 0. The standard InChI is InChI=1S/2C6H5.2C4H10N.2Zn/c2*1-2-4-6-5-3-1;2*1-4(2,3)5;;/h2*1-5H;2*5H,1-3H3;;/q4*-1;2*+2.